The SMILES string of the molecule is CCCCOc1ccc(/C=C/C(=O)OCC(=O)Nc2ccc(C)cc2C)cc1OCC. The summed E-state index contributed by atoms with van der Waals surface area (Å²) >= 11 is 0. The number of amides is 1. The van der Waals surface area contributed by atoms with Gasteiger partial charge in [0.25, 0.3) is 5.91 Å². The summed E-state index contributed by atoms with van der Waals surface area (Å²) in [6.45, 7) is 8.68. The molecule has 2 rings (SSSR count). The van der Waals surface area contributed by atoms with Crippen LogP contribution in [0.2, 0.25) is 0 Å². The number of ether oxygens (including phenoxy) is 3. The molecule has 31 heavy (non-hydrogen) atoms. The van der Waals surface area contributed by atoms with Crippen molar-refractivity contribution in [1.82, 2.24) is 0 Å². The maximum atomic E-state index is 12.0. The maximum absolute atomic E-state index is 12.0. The van der Waals surface area contributed by atoms with Crippen LogP contribution < -0.4 is 14.8 Å². The molecular weight excluding hydrogens is 394 g/mol. The molecule has 6 heteroatoms. The first kappa shape index (κ1) is 24.0. The Balaban J connectivity index is 1.89. The predicted molar refractivity (Wildman–Crippen MR) is 123 cm³/mol. The summed E-state index contributed by atoms with van der Waals surface area (Å²) in [5.41, 5.74) is 3.53. The lowest BCUT2D eigenvalue weighted by atomic mass is 10.1. The van der Waals surface area contributed by atoms with Crippen molar-refractivity contribution in [3.8, 4) is 11.5 Å². The molecular formula is C25H31NO5. The van der Waals surface area contributed by atoms with E-state index in [1.807, 2.05) is 51.1 Å². The third-order valence-corrected chi connectivity index (χ3v) is 4.44. The van der Waals surface area contributed by atoms with Crippen LogP contribution in [-0.4, -0.2) is 31.7 Å². The van der Waals surface area contributed by atoms with Gasteiger partial charge in [0, 0.05) is 11.8 Å². The molecule has 0 saturated heterocycles. The molecule has 0 atom stereocenters. The lowest BCUT2D eigenvalue weighted by molar-refractivity contribution is -0.142. The van der Waals surface area contributed by atoms with Gasteiger partial charge in [-0.15, -0.1) is 0 Å². The molecule has 0 radical (unpaired) electrons. The van der Waals surface area contributed by atoms with E-state index in [1.165, 1.54) is 6.08 Å². The second kappa shape index (κ2) is 12.4. The fraction of sp³-hybridized carbons (Fsp3) is 0.360. The first-order chi connectivity index (χ1) is 14.9. The summed E-state index contributed by atoms with van der Waals surface area (Å²) in [6, 6.07) is 11.2. The normalized spacial score (nSPS) is 10.7. The van der Waals surface area contributed by atoms with Crippen molar-refractivity contribution in [3.05, 3.63) is 59.2 Å². The molecule has 0 unspecified atom stereocenters. The standard InChI is InChI=1S/C25H31NO5/c1-5-7-14-30-22-12-9-20(16-23(22)29-6-2)10-13-25(28)31-17-24(27)26-21-11-8-18(3)15-19(21)4/h8-13,15-16H,5-7,14,17H2,1-4H3,(H,26,27)/b13-10+. The Morgan fingerprint density at radius 3 is 2.52 bits per heavy atom. The lowest BCUT2D eigenvalue weighted by Gasteiger charge is -2.12. The molecule has 6 nitrogen and oxygen atoms in total. The first-order valence-corrected chi connectivity index (χ1v) is 10.5. The van der Waals surface area contributed by atoms with Gasteiger partial charge in [0.05, 0.1) is 13.2 Å². The minimum Gasteiger partial charge on any atom is -0.490 e. The van der Waals surface area contributed by atoms with Crippen LogP contribution in [-0.2, 0) is 14.3 Å². The van der Waals surface area contributed by atoms with Crippen molar-refractivity contribution in [2.45, 2.75) is 40.5 Å². The molecule has 0 spiro atoms. The van der Waals surface area contributed by atoms with Crippen molar-refractivity contribution in [2.24, 2.45) is 0 Å². The number of esters is 1. The third kappa shape index (κ3) is 8.16. The molecule has 0 aliphatic carbocycles. The highest BCUT2D eigenvalue weighted by atomic mass is 16.5. The summed E-state index contributed by atoms with van der Waals surface area (Å²) < 4.78 is 16.4. The van der Waals surface area contributed by atoms with Gasteiger partial charge in [0.1, 0.15) is 0 Å². The molecule has 0 aliphatic heterocycles. The lowest BCUT2D eigenvalue weighted by Crippen LogP contribution is -2.20. The highest BCUT2D eigenvalue weighted by Crippen LogP contribution is 2.29. The average molecular weight is 426 g/mol. The molecule has 0 fully saturated rings. The summed E-state index contributed by atoms with van der Waals surface area (Å²) in [7, 11) is 0. The van der Waals surface area contributed by atoms with Crippen LogP contribution in [0.5, 0.6) is 11.5 Å². The van der Waals surface area contributed by atoms with Crippen molar-refractivity contribution in [2.75, 3.05) is 25.1 Å². The van der Waals surface area contributed by atoms with Gasteiger partial charge in [-0.2, -0.15) is 0 Å². The van der Waals surface area contributed by atoms with E-state index in [-0.39, 0.29) is 12.5 Å². The Labute approximate surface area is 184 Å². The predicted octanol–water partition coefficient (Wildman–Crippen LogP) is 5.08. The quantitative estimate of drug-likeness (QED) is 0.309. The number of benzene rings is 2. The van der Waals surface area contributed by atoms with E-state index in [0.717, 1.165) is 29.5 Å². The molecule has 0 aromatic heterocycles. The van der Waals surface area contributed by atoms with E-state index in [2.05, 4.69) is 12.2 Å². The van der Waals surface area contributed by atoms with Gasteiger partial charge in [-0.3, -0.25) is 4.79 Å². The Bertz CT molecular complexity index is 920. The van der Waals surface area contributed by atoms with Crippen molar-refractivity contribution >= 4 is 23.6 Å². The van der Waals surface area contributed by atoms with Crippen LogP contribution in [0.25, 0.3) is 6.08 Å². The number of rotatable bonds is 11. The number of hydrogen-bond donors (Lipinski definition) is 1. The van der Waals surface area contributed by atoms with Gasteiger partial charge >= 0.3 is 5.97 Å². The number of aryl methyl sites for hydroxylation is 2. The highest BCUT2D eigenvalue weighted by molar-refractivity contribution is 5.95. The molecule has 2 aromatic carbocycles. The zero-order valence-electron chi connectivity index (χ0n) is 18.7. The number of unbranched alkanes of at least 4 members (excludes halogenated alkanes) is 1. The van der Waals surface area contributed by atoms with E-state index in [9.17, 15) is 9.59 Å². The van der Waals surface area contributed by atoms with Crippen LogP contribution >= 0.6 is 0 Å². The average Bonchev–Trinajstić information content (AvgIpc) is 2.74. The van der Waals surface area contributed by atoms with Gasteiger partial charge in [0.2, 0.25) is 0 Å². The second-order valence-corrected chi connectivity index (χ2v) is 7.15. The third-order valence-electron chi connectivity index (χ3n) is 4.44. The molecule has 1 N–H and O–H groups in total. The largest absolute Gasteiger partial charge is 0.490 e. The monoisotopic (exact) mass is 425 g/mol. The summed E-state index contributed by atoms with van der Waals surface area (Å²) in [5.74, 6) is 0.318. The first-order valence-electron chi connectivity index (χ1n) is 10.5. The Morgan fingerprint density at radius 1 is 1.00 bits per heavy atom. The van der Waals surface area contributed by atoms with Gasteiger partial charge < -0.3 is 19.5 Å². The molecule has 166 valence electrons. The van der Waals surface area contributed by atoms with Gasteiger partial charge in [-0.1, -0.05) is 37.1 Å². The van der Waals surface area contributed by atoms with Gasteiger partial charge in [-0.25, -0.2) is 4.79 Å². The summed E-state index contributed by atoms with van der Waals surface area (Å²) in [5, 5.41) is 2.74. The van der Waals surface area contributed by atoms with Crippen LogP contribution in [0, 0.1) is 13.8 Å². The number of nitrogens with one attached hydrogen (secondary N) is 1. The van der Waals surface area contributed by atoms with E-state index in [1.54, 1.807) is 12.1 Å². The van der Waals surface area contributed by atoms with Crippen molar-refractivity contribution in [3.63, 3.8) is 0 Å². The van der Waals surface area contributed by atoms with E-state index in [0.29, 0.717) is 30.4 Å². The molecule has 0 saturated carbocycles. The zero-order valence-corrected chi connectivity index (χ0v) is 18.7. The molecule has 2 aromatic rings. The Hall–Kier alpha value is -3.28. The number of anilines is 1. The number of carbonyl (C=O) groups is 2. The van der Waals surface area contributed by atoms with Crippen molar-refractivity contribution in [1.29, 1.82) is 0 Å². The number of hydrogen-bond acceptors (Lipinski definition) is 5. The topological polar surface area (TPSA) is 73.9 Å². The minimum absolute atomic E-state index is 0.356. The van der Waals surface area contributed by atoms with Crippen molar-refractivity contribution < 1.29 is 23.8 Å². The fourth-order valence-electron chi connectivity index (χ4n) is 2.83. The number of carbonyl (C=O) groups excluding carboxylic acids is 2. The fourth-order valence-corrected chi connectivity index (χ4v) is 2.83. The van der Waals surface area contributed by atoms with Crippen LogP contribution in [0.1, 0.15) is 43.4 Å². The highest BCUT2D eigenvalue weighted by Gasteiger charge is 2.09. The van der Waals surface area contributed by atoms with E-state index in [4.69, 9.17) is 14.2 Å². The van der Waals surface area contributed by atoms with Crippen LogP contribution in [0.4, 0.5) is 5.69 Å². The van der Waals surface area contributed by atoms with E-state index < -0.39 is 5.97 Å². The Morgan fingerprint density at radius 2 is 1.81 bits per heavy atom. The van der Waals surface area contributed by atoms with Crippen LogP contribution in [0.15, 0.2) is 42.5 Å². The minimum atomic E-state index is -0.600. The van der Waals surface area contributed by atoms with Gasteiger partial charge in [0.15, 0.2) is 18.1 Å². The molecule has 0 heterocycles. The molecule has 0 aliphatic rings. The van der Waals surface area contributed by atoms with E-state index >= 15 is 0 Å². The summed E-state index contributed by atoms with van der Waals surface area (Å²) in [6.07, 6.45) is 4.92. The molecule has 0 bridgehead atoms. The van der Waals surface area contributed by atoms with Gasteiger partial charge in [-0.05, 0) is 62.6 Å². The second-order valence-electron chi connectivity index (χ2n) is 7.15. The maximum Gasteiger partial charge on any atom is 0.331 e. The Kier molecular flexibility index (Phi) is 9.62. The van der Waals surface area contributed by atoms with Crippen LogP contribution in [0.3, 0.4) is 0 Å². The smallest absolute Gasteiger partial charge is 0.331 e. The zero-order chi connectivity index (χ0) is 22.6. The summed E-state index contributed by atoms with van der Waals surface area (Å²) in [4.78, 5) is 24.0. The molecule has 1 amide bonds.